The first kappa shape index (κ1) is 17.2. The van der Waals surface area contributed by atoms with Gasteiger partial charge >= 0.3 is 0 Å². The molecule has 0 radical (unpaired) electrons. The predicted octanol–water partition coefficient (Wildman–Crippen LogP) is 2.75. The third-order valence-electron chi connectivity index (χ3n) is 3.36. The summed E-state index contributed by atoms with van der Waals surface area (Å²) in [6, 6.07) is 5.43. The summed E-state index contributed by atoms with van der Waals surface area (Å²) in [5.41, 5.74) is 7.34. The fraction of sp³-hybridized carbons (Fsp3) is 0.200. The van der Waals surface area contributed by atoms with Crippen LogP contribution in [0.1, 0.15) is 11.4 Å². The van der Waals surface area contributed by atoms with E-state index >= 15 is 0 Å². The van der Waals surface area contributed by atoms with Crippen molar-refractivity contribution in [1.82, 2.24) is 25.1 Å². The molecule has 0 unspecified atom stereocenters. The molecule has 0 fully saturated rings. The maximum absolute atomic E-state index is 6.01. The van der Waals surface area contributed by atoms with Gasteiger partial charge in [-0.1, -0.05) is 29.3 Å². The van der Waals surface area contributed by atoms with E-state index in [1.165, 1.54) is 0 Å². The molecule has 1 aromatic carbocycles. The fourth-order valence-electron chi connectivity index (χ4n) is 2.10. The largest absolute Gasteiger partial charge is 0.394 e. The van der Waals surface area contributed by atoms with E-state index < -0.39 is 0 Å². The van der Waals surface area contributed by atoms with Crippen molar-refractivity contribution in [2.24, 2.45) is 0 Å². The van der Waals surface area contributed by atoms with Gasteiger partial charge in [-0.05, 0) is 17.7 Å². The number of hydrogen-bond donors (Lipinski definition) is 4. The summed E-state index contributed by atoms with van der Waals surface area (Å²) in [6.07, 6.45) is 3.75. The zero-order valence-corrected chi connectivity index (χ0v) is 14.6. The molecule has 2 aromatic heterocycles. The van der Waals surface area contributed by atoms with Crippen LogP contribution < -0.4 is 16.4 Å². The third-order valence-corrected chi connectivity index (χ3v) is 4.10. The highest BCUT2D eigenvalue weighted by atomic mass is 35.5. The number of benzene rings is 1. The van der Waals surface area contributed by atoms with Crippen LogP contribution in [0.5, 0.6) is 0 Å². The molecule has 8 nitrogen and oxygen atoms in total. The molecule has 0 aliphatic rings. The van der Waals surface area contributed by atoms with E-state index in [9.17, 15) is 0 Å². The minimum absolute atomic E-state index is 0.459. The van der Waals surface area contributed by atoms with Crippen molar-refractivity contribution in [2.45, 2.75) is 13.0 Å². The van der Waals surface area contributed by atoms with Crippen molar-refractivity contribution in [3.05, 3.63) is 52.2 Å². The summed E-state index contributed by atoms with van der Waals surface area (Å²) in [6.45, 7) is 1.11. The van der Waals surface area contributed by atoms with Gasteiger partial charge in [-0.15, -0.1) is 0 Å². The second-order valence-electron chi connectivity index (χ2n) is 5.19. The Morgan fingerprint density at radius 2 is 2.00 bits per heavy atom. The molecule has 5 N–H and O–H groups in total. The smallest absolute Gasteiger partial charge is 0.225 e. The summed E-state index contributed by atoms with van der Waals surface area (Å²) in [7, 11) is 0. The van der Waals surface area contributed by atoms with E-state index in [0.717, 1.165) is 11.4 Å². The van der Waals surface area contributed by atoms with Gasteiger partial charge in [-0.2, -0.15) is 10.1 Å². The number of anilines is 3. The Labute approximate surface area is 154 Å². The summed E-state index contributed by atoms with van der Waals surface area (Å²) < 4.78 is 0. The monoisotopic (exact) mass is 378 g/mol. The first-order chi connectivity index (χ1) is 12.1. The van der Waals surface area contributed by atoms with Crippen LogP contribution in [-0.4, -0.2) is 31.7 Å². The molecule has 3 rings (SSSR count). The van der Waals surface area contributed by atoms with E-state index in [4.69, 9.17) is 28.9 Å². The van der Waals surface area contributed by atoms with Gasteiger partial charge in [-0.3, -0.25) is 5.10 Å². The Bertz CT molecular complexity index is 838. The van der Waals surface area contributed by atoms with E-state index in [0.29, 0.717) is 47.0 Å². The van der Waals surface area contributed by atoms with Gasteiger partial charge in [0.1, 0.15) is 6.33 Å². The Morgan fingerprint density at radius 1 is 1.12 bits per heavy atom. The summed E-state index contributed by atoms with van der Waals surface area (Å²) in [4.78, 5) is 12.6. The van der Waals surface area contributed by atoms with Gasteiger partial charge in [0, 0.05) is 19.5 Å². The minimum Gasteiger partial charge on any atom is -0.394 e. The van der Waals surface area contributed by atoms with E-state index in [1.54, 1.807) is 24.7 Å². The molecule has 0 spiro atoms. The van der Waals surface area contributed by atoms with Gasteiger partial charge < -0.3 is 16.4 Å². The number of halogens is 2. The minimum atomic E-state index is 0.459. The van der Waals surface area contributed by atoms with E-state index in [2.05, 4.69) is 35.8 Å². The Morgan fingerprint density at radius 3 is 2.76 bits per heavy atom. The quantitative estimate of drug-likeness (QED) is 0.499. The number of aromatic nitrogens is 5. The van der Waals surface area contributed by atoms with Crippen molar-refractivity contribution in [1.29, 1.82) is 0 Å². The number of nitrogens with zero attached hydrogens (tertiary/aromatic N) is 4. The van der Waals surface area contributed by atoms with Gasteiger partial charge in [0.05, 0.1) is 21.9 Å². The SMILES string of the molecule is Nc1cnc(NCc2ccc(Cl)c(Cl)c2)nc1NCCc1nc[nH]n1. The predicted molar refractivity (Wildman–Crippen MR) is 98.8 cm³/mol. The summed E-state index contributed by atoms with van der Waals surface area (Å²) >= 11 is 11.9. The van der Waals surface area contributed by atoms with Crippen LogP contribution in [0.2, 0.25) is 10.0 Å². The van der Waals surface area contributed by atoms with E-state index in [-0.39, 0.29) is 0 Å². The number of hydrogen-bond acceptors (Lipinski definition) is 7. The molecule has 2 heterocycles. The molecular formula is C15H16Cl2N8. The molecule has 0 saturated heterocycles. The van der Waals surface area contributed by atoms with Crippen LogP contribution in [0.15, 0.2) is 30.7 Å². The lowest BCUT2D eigenvalue weighted by molar-refractivity contribution is 0.896. The lowest BCUT2D eigenvalue weighted by Gasteiger charge is -2.10. The normalized spacial score (nSPS) is 10.6. The molecule has 0 bridgehead atoms. The van der Waals surface area contributed by atoms with Crippen LogP contribution in [0.4, 0.5) is 17.5 Å². The number of rotatable bonds is 7. The Hall–Kier alpha value is -2.58. The zero-order chi connectivity index (χ0) is 17.6. The molecule has 3 aromatic rings. The highest BCUT2D eigenvalue weighted by Crippen LogP contribution is 2.23. The highest BCUT2D eigenvalue weighted by Gasteiger charge is 2.06. The van der Waals surface area contributed by atoms with Crippen molar-refractivity contribution < 1.29 is 0 Å². The number of nitrogen functional groups attached to an aromatic ring is 1. The summed E-state index contributed by atoms with van der Waals surface area (Å²) in [5.74, 6) is 1.74. The van der Waals surface area contributed by atoms with Crippen LogP contribution in [0.25, 0.3) is 0 Å². The number of aromatic amines is 1. The molecule has 25 heavy (non-hydrogen) atoms. The van der Waals surface area contributed by atoms with Gasteiger partial charge in [-0.25, -0.2) is 9.97 Å². The Balaban J connectivity index is 1.59. The van der Waals surface area contributed by atoms with Gasteiger partial charge in [0.25, 0.3) is 0 Å². The molecule has 0 aliphatic carbocycles. The standard InChI is InChI=1S/C15H16Cl2N8/c16-10-2-1-9(5-11(10)17)6-20-15-21-7-12(18)14(24-15)19-4-3-13-22-8-23-25-13/h1-2,5,7-8H,3-4,6,18H2,(H,22,23,25)(H2,19,20,21,24). The maximum Gasteiger partial charge on any atom is 0.225 e. The molecule has 10 heteroatoms. The summed E-state index contributed by atoms with van der Waals surface area (Å²) in [5, 5.41) is 14.0. The second kappa shape index (κ2) is 8.00. The molecule has 0 atom stereocenters. The lowest BCUT2D eigenvalue weighted by atomic mass is 10.2. The third kappa shape index (κ3) is 4.71. The zero-order valence-electron chi connectivity index (χ0n) is 13.1. The highest BCUT2D eigenvalue weighted by molar-refractivity contribution is 6.42. The maximum atomic E-state index is 6.01. The molecule has 130 valence electrons. The van der Waals surface area contributed by atoms with Crippen LogP contribution in [-0.2, 0) is 13.0 Å². The topological polar surface area (TPSA) is 117 Å². The Kier molecular flexibility index (Phi) is 5.52. The van der Waals surface area contributed by atoms with Crippen molar-refractivity contribution >= 4 is 40.7 Å². The van der Waals surface area contributed by atoms with Gasteiger partial charge in [0.2, 0.25) is 5.95 Å². The average Bonchev–Trinajstić information content (AvgIpc) is 3.12. The van der Waals surface area contributed by atoms with Crippen LogP contribution in [0.3, 0.4) is 0 Å². The molecule has 0 aliphatic heterocycles. The number of nitrogens with one attached hydrogen (secondary N) is 3. The number of nitrogens with two attached hydrogens (primary N) is 1. The van der Waals surface area contributed by atoms with Crippen molar-refractivity contribution in [3.8, 4) is 0 Å². The first-order valence-electron chi connectivity index (χ1n) is 7.50. The molecule has 0 amide bonds. The van der Waals surface area contributed by atoms with Crippen LogP contribution >= 0.6 is 23.2 Å². The van der Waals surface area contributed by atoms with Gasteiger partial charge in [0.15, 0.2) is 11.6 Å². The van der Waals surface area contributed by atoms with Crippen molar-refractivity contribution in [3.63, 3.8) is 0 Å². The number of H-pyrrole nitrogens is 1. The lowest BCUT2D eigenvalue weighted by Crippen LogP contribution is -2.12. The molecule has 0 saturated carbocycles. The molecular weight excluding hydrogens is 363 g/mol. The first-order valence-corrected chi connectivity index (χ1v) is 8.26. The van der Waals surface area contributed by atoms with E-state index in [1.807, 2.05) is 6.07 Å². The second-order valence-corrected chi connectivity index (χ2v) is 6.01. The fourth-order valence-corrected chi connectivity index (χ4v) is 2.42. The van der Waals surface area contributed by atoms with Crippen molar-refractivity contribution in [2.75, 3.05) is 22.9 Å². The average molecular weight is 379 g/mol. The van der Waals surface area contributed by atoms with Crippen LogP contribution in [0, 0.1) is 0 Å².